The van der Waals surface area contributed by atoms with Crippen molar-refractivity contribution in [3.05, 3.63) is 72.6 Å². The standard InChI is InChI=1S/C25H32N6O.HI/c1-20(30-13-15-31(16-14-30)23-11-7-4-8-12-23)17-27-25(26-2)28-18-22-19-32-24(29-22)21-9-5-3-6-10-21;/h3-12,19-20H,13-18H2,1-2H3,(H2,26,27,28);1H. The van der Waals surface area contributed by atoms with Crippen molar-refractivity contribution < 1.29 is 4.42 Å². The van der Waals surface area contributed by atoms with Crippen LogP contribution in [-0.4, -0.2) is 61.7 Å². The Morgan fingerprint density at radius 2 is 1.67 bits per heavy atom. The van der Waals surface area contributed by atoms with E-state index in [1.54, 1.807) is 13.3 Å². The summed E-state index contributed by atoms with van der Waals surface area (Å²) in [6, 6.07) is 21.0. The highest BCUT2D eigenvalue weighted by atomic mass is 127. The number of oxazole rings is 1. The number of halogens is 1. The Labute approximate surface area is 213 Å². The molecule has 4 rings (SSSR count). The molecule has 1 saturated heterocycles. The van der Waals surface area contributed by atoms with Crippen LogP contribution in [0.2, 0.25) is 0 Å². The van der Waals surface area contributed by atoms with Crippen LogP contribution in [0.15, 0.2) is 76.3 Å². The lowest BCUT2D eigenvalue weighted by atomic mass is 10.2. The summed E-state index contributed by atoms with van der Waals surface area (Å²) in [6.07, 6.45) is 1.69. The van der Waals surface area contributed by atoms with Gasteiger partial charge in [-0.1, -0.05) is 36.4 Å². The van der Waals surface area contributed by atoms with E-state index in [1.165, 1.54) is 5.69 Å². The first-order chi connectivity index (χ1) is 15.7. The molecule has 1 unspecified atom stereocenters. The smallest absolute Gasteiger partial charge is 0.226 e. The van der Waals surface area contributed by atoms with Crippen molar-refractivity contribution in [3.63, 3.8) is 0 Å². The van der Waals surface area contributed by atoms with E-state index in [0.29, 0.717) is 18.5 Å². The number of nitrogens with one attached hydrogen (secondary N) is 2. The van der Waals surface area contributed by atoms with Gasteiger partial charge in [-0.25, -0.2) is 4.98 Å². The number of guanidine groups is 1. The number of nitrogens with zero attached hydrogens (tertiary/aromatic N) is 4. The van der Waals surface area contributed by atoms with E-state index in [4.69, 9.17) is 4.42 Å². The van der Waals surface area contributed by atoms with Crippen molar-refractivity contribution in [1.82, 2.24) is 20.5 Å². The summed E-state index contributed by atoms with van der Waals surface area (Å²) in [5, 5.41) is 6.77. The lowest BCUT2D eigenvalue weighted by Gasteiger charge is -2.39. The predicted molar refractivity (Wildman–Crippen MR) is 145 cm³/mol. The Morgan fingerprint density at radius 3 is 2.33 bits per heavy atom. The number of para-hydroxylation sites is 1. The second-order valence-electron chi connectivity index (χ2n) is 8.02. The highest BCUT2D eigenvalue weighted by molar-refractivity contribution is 14.0. The molecule has 2 aromatic carbocycles. The van der Waals surface area contributed by atoms with Crippen LogP contribution in [0.25, 0.3) is 11.5 Å². The van der Waals surface area contributed by atoms with Crippen LogP contribution in [-0.2, 0) is 6.54 Å². The summed E-state index contributed by atoms with van der Waals surface area (Å²) in [7, 11) is 1.79. The minimum Gasteiger partial charge on any atom is -0.444 e. The largest absolute Gasteiger partial charge is 0.444 e. The highest BCUT2D eigenvalue weighted by Crippen LogP contribution is 2.18. The molecule has 176 valence electrons. The van der Waals surface area contributed by atoms with Gasteiger partial charge in [0.25, 0.3) is 0 Å². The molecule has 2 N–H and O–H groups in total. The lowest BCUT2D eigenvalue weighted by Crippen LogP contribution is -2.53. The van der Waals surface area contributed by atoms with Gasteiger partial charge in [-0.3, -0.25) is 9.89 Å². The summed E-state index contributed by atoms with van der Waals surface area (Å²) in [4.78, 5) is 13.9. The molecule has 1 aliphatic rings. The molecule has 7 nitrogen and oxygen atoms in total. The normalized spacial score (nSPS) is 15.6. The molecule has 2 heterocycles. The van der Waals surface area contributed by atoms with Gasteiger partial charge in [-0.2, -0.15) is 0 Å². The number of piperazine rings is 1. The molecule has 0 amide bonds. The van der Waals surface area contributed by atoms with Gasteiger partial charge in [-0.15, -0.1) is 24.0 Å². The number of benzene rings is 2. The summed E-state index contributed by atoms with van der Waals surface area (Å²) in [5.41, 5.74) is 3.13. The quantitative estimate of drug-likeness (QED) is 0.260. The molecule has 0 saturated carbocycles. The molecule has 8 heteroatoms. The lowest BCUT2D eigenvalue weighted by molar-refractivity contribution is 0.197. The Kier molecular flexibility index (Phi) is 9.56. The first-order valence-electron chi connectivity index (χ1n) is 11.2. The van der Waals surface area contributed by atoms with Crippen LogP contribution in [0.4, 0.5) is 5.69 Å². The first kappa shape index (κ1) is 25.0. The monoisotopic (exact) mass is 560 g/mol. The topological polar surface area (TPSA) is 68.9 Å². The van der Waals surface area contributed by atoms with Gasteiger partial charge in [-0.05, 0) is 31.2 Å². The second-order valence-corrected chi connectivity index (χ2v) is 8.02. The number of hydrogen-bond acceptors (Lipinski definition) is 5. The number of anilines is 1. The molecule has 3 aromatic rings. The highest BCUT2D eigenvalue weighted by Gasteiger charge is 2.21. The van der Waals surface area contributed by atoms with Crippen LogP contribution in [0, 0.1) is 0 Å². The number of hydrogen-bond donors (Lipinski definition) is 2. The molecule has 0 aliphatic carbocycles. The maximum Gasteiger partial charge on any atom is 0.226 e. The zero-order chi connectivity index (χ0) is 22.2. The third-order valence-corrected chi connectivity index (χ3v) is 5.86. The maximum atomic E-state index is 5.61. The summed E-state index contributed by atoms with van der Waals surface area (Å²) >= 11 is 0. The molecule has 1 fully saturated rings. The van der Waals surface area contributed by atoms with E-state index in [1.807, 2.05) is 30.3 Å². The summed E-state index contributed by atoms with van der Waals surface area (Å²) < 4.78 is 5.61. The molecular weight excluding hydrogens is 527 g/mol. The number of rotatable bonds is 7. The van der Waals surface area contributed by atoms with Crippen LogP contribution in [0.5, 0.6) is 0 Å². The molecule has 1 aromatic heterocycles. The third-order valence-electron chi connectivity index (χ3n) is 5.86. The van der Waals surface area contributed by atoms with E-state index >= 15 is 0 Å². The fraction of sp³-hybridized carbons (Fsp3) is 0.360. The van der Waals surface area contributed by atoms with Gasteiger partial charge in [0.2, 0.25) is 5.89 Å². The Hall–Kier alpha value is -2.59. The Morgan fingerprint density at radius 1 is 1.00 bits per heavy atom. The minimum atomic E-state index is 0. The van der Waals surface area contributed by atoms with E-state index in [9.17, 15) is 0 Å². The van der Waals surface area contributed by atoms with Gasteiger partial charge < -0.3 is 20.0 Å². The molecule has 1 aliphatic heterocycles. The van der Waals surface area contributed by atoms with E-state index < -0.39 is 0 Å². The van der Waals surface area contributed by atoms with E-state index in [2.05, 4.69) is 67.7 Å². The van der Waals surface area contributed by atoms with Crippen molar-refractivity contribution in [1.29, 1.82) is 0 Å². The van der Waals surface area contributed by atoms with Gasteiger partial charge in [0.05, 0.1) is 12.2 Å². The van der Waals surface area contributed by atoms with E-state index in [-0.39, 0.29) is 24.0 Å². The van der Waals surface area contributed by atoms with Gasteiger partial charge in [0, 0.05) is 57.1 Å². The zero-order valence-corrected chi connectivity index (χ0v) is 21.6. The SMILES string of the molecule is CN=C(NCc1coc(-c2ccccc2)n1)NCC(C)N1CCN(c2ccccc2)CC1.I. The third kappa shape index (κ3) is 6.94. The second kappa shape index (κ2) is 12.6. The minimum absolute atomic E-state index is 0. The number of aliphatic imine (C=N–C) groups is 1. The van der Waals surface area contributed by atoms with Crippen LogP contribution >= 0.6 is 24.0 Å². The molecule has 0 radical (unpaired) electrons. The molecule has 1 atom stereocenters. The van der Waals surface area contributed by atoms with Crippen molar-refractivity contribution >= 4 is 35.6 Å². The molecular formula is C25H33IN6O. The van der Waals surface area contributed by atoms with Crippen molar-refractivity contribution in [2.24, 2.45) is 4.99 Å². The van der Waals surface area contributed by atoms with Crippen LogP contribution in [0.3, 0.4) is 0 Å². The summed E-state index contributed by atoms with van der Waals surface area (Å²) in [5.74, 6) is 1.40. The van der Waals surface area contributed by atoms with Crippen molar-refractivity contribution in [3.8, 4) is 11.5 Å². The van der Waals surface area contributed by atoms with Crippen molar-refractivity contribution in [2.45, 2.75) is 19.5 Å². The van der Waals surface area contributed by atoms with Gasteiger partial charge >= 0.3 is 0 Å². The average Bonchev–Trinajstić information content (AvgIpc) is 3.34. The van der Waals surface area contributed by atoms with Crippen molar-refractivity contribution in [2.75, 3.05) is 44.7 Å². The molecule has 0 spiro atoms. The predicted octanol–water partition coefficient (Wildman–Crippen LogP) is 3.84. The van der Waals surface area contributed by atoms with Gasteiger partial charge in [0.15, 0.2) is 5.96 Å². The fourth-order valence-electron chi connectivity index (χ4n) is 3.93. The van der Waals surface area contributed by atoms with Gasteiger partial charge in [0.1, 0.15) is 6.26 Å². The molecule has 33 heavy (non-hydrogen) atoms. The van der Waals surface area contributed by atoms with E-state index in [0.717, 1.165) is 49.9 Å². The van der Waals surface area contributed by atoms with Crippen LogP contribution in [0.1, 0.15) is 12.6 Å². The van der Waals surface area contributed by atoms with Crippen LogP contribution < -0.4 is 15.5 Å². The zero-order valence-electron chi connectivity index (χ0n) is 19.3. The molecule has 0 bridgehead atoms. The summed E-state index contributed by atoms with van der Waals surface area (Å²) in [6.45, 7) is 7.88. The Balaban J connectivity index is 0.00000306. The first-order valence-corrected chi connectivity index (χ1v) is 11.2. The average molecular weight is 560 g/mol. The Bertz CT molecular complexity index is 986. The fourth-order valence-corrected chi connectivity index (χ4v) is 3.93. The maximum absolute atomic E-state index is 5.61. The number of aromatic nitrogens is 1.